The Morgan fingerprint density at radius 3 is 1.42 bits per heavy atom. The van der Waals surface area contributed by atoms with Crippen LogP contribution in [0.25, 0.3) is 76.8 Å². The fourth-order valence-electron chi connectivity index (χ4n) is 7.45. The van der Waals surface area contributed by atoms with Gasteiger partial charge in [-0.2, -0.15) is 0 Å². The molecule has 9 aromatic carbocycles. The third kappa shape index (κ3) is 5.40. The van der Waals surface area contributed by atoms with Gasteiger partial charge in [-0.1, -0.05) is 158 Å². The van der Waals surface area contributed by atoms with Gasteiger partial charge in [0.1, 0.15) is 0 Å². The summed E-state index contributed by atoms with van der Waals surface area (Å²) in [7, 11) is 0. The van der Waals surface area contributed by atoms with Crippen LogP contribution in [0.15, 0.2) is 188 Å². The van der Waals surface area contributed by atoms with Gasteiger partial charge in [-0.15, -0.1) is 0 Å². The lowest BCUT2D eigenvalue weighted by molar-refractivity contribution is 1.45. The standard InChI is InChI=1S/C49H35N/c1-33-12-2-3-17-41(33)47-22-8-9-23-49(47)50-40-16-11-15-38(31-40)37-14-10-13-36(30-37)34-24-26-35(27-25-34)39-28-29-46-44-20-5-4-18-42(44)43-19-6-7-21-45(43)48(46)32-39/h2-32,50H,1H3. The second-order valence-corrected chi connectivity index (χ2v) is 13.1. The quantitative estimate of drug-likeness (QED) is 0.179. The molecule has 9 aromatic rings. The minimum Gasteiger partial charge on any atom is -0.355 e. The molecular weight excluding hydrogens is 603 g/mol. The van der Waals surface area contributed by atoms with Crippen molar-refractivity contribution < 1.29 is 0 Å². The van der Waals surface area contributed by atoms with Crippen LogP contribution < -0.4 is 5.32 Å². The summed E-state index contributed by atoms with van der Waals surface area (Å²) in [4.78, 5) is 0. The SMILES string of the molecule is Cc1ccccc1-c1ccccc1Nc1cccc(-c2cccc(-c3ccc(-c4ccc5c6ccccc6c6ccccc6c5c4)cc3)c2)c1. The second kappa shape index (κ2) is 12.5. The van der Waals surface area contributed by atoms with E-state index in [-0.39, 0.29) is 0 Å². The minimum atomic E-state index is 1.06. The highest BCUT2D eigenvalue weighted by Gasteiger charge is 2.11. The molecule has 1 heteroatoms. The molecule has 0 heterocycles. The van der Waals surface area contributed by atoms with Crippen molar-refractivity contribution in [2.75, 3.05) is 5.32 Å². The highest BCUT2D eigenvalue weighted by Crippen LogP contribution is 2.38. The number of hydrogen-bond acceptors (Lipinski definition) is 1. The van der Waals surface area contributed by atoms with Gasteiger partial charge in [0.2, 0.25) is 0 Å². The summed E-state index contributed by atoms with van der Waals surface area (Å²) in [6.45, 7) is 2.17. The Labute approximate surface area is 293 Å². The lowest BCUT2D eigenvalue weighted by atomic mass is 9.91. The van der Waals surface area contributed by atoms with Gasteiger partial charge in [-0.05, 0) is 114 Å². The third-order valence-corrected chi connectivity index (χ3v) is 10.00. The zero-order valence-electron chi connectivity index (χ0n) is 27.9. The van der Waals surface area contributed by atoms with Crippen molar-refractivity contribution in [1.82, 2.24) is 0 Å². The van der Waals surface area contributed by atoms with E-state index in [0.717, 1.165) is 11.4 Å². The Hall–Kier alpha value is -6.44. The van der Waals surface area contributed by atoms with Crippen molar-refractivity contribution in [3.8, 4) is 44.5 Å². The number of anilines is 2. The number of para-hydroxylation sites is 1. The highest BCUT2D eigenvalue weighted by molar-refractivity contribution is 6.25. The molecule has 9 rings (SSSR count). The molecule has 0 fully saturated rings. The normalized spacial score (nSPS) is 11.3. The molecule has 0 aliphatic carbocycles. The van der Waals surface area contributed by atoms with Crippen LogP contribution in [0.3, 0.4) is 0 Å². The minimum absolute atomic E-state index is 1.06. The van der Waals surface area contributed by atoms with E-state index in [1.165, 1.54) is 82.4 Å². The Balaban J connectivity index is 1.01. The van der Waals surface area contributed by atoms with Crippen LogP contribution in [0.2, 0.25) is 0 Å². The summed E-state index contributed by atoms with van der Waals surface area (Å²) >= 11 is 0. The van der Waals surface area contributed by atoms with Crippen LogP contribution in [0.4, 0.5) is 11.4 Å². The van der Waals surface area contributed by atoms with E-state index in [1.54, 1.807) is 0 Å². The molecule has 0 aliphatic rings. The third-order valence-electron chi connectivity index (χ3n) is 10.00. The van der Waals surface area contributed by atoms with Crippen LogP contribution in [0.5, 0.6) is 0 Å². The molecule has 50 heavy (non-hydrogen) atoms. The molecule has 0 amide bonds. The maximum absolute atomic E-state index is 3.71. The first kappa shape index (κ1) is 29.7. The Bertz CT molecular complexity index is 2650. The molecule has 236 valence electrons. The van der Waals surface area contributed by atoms with Crippen LogP contribution in [0.1, 0.15) is 5.56 Å². The van der Waals surface area contributed by atoms with Crippen LogP contribution in [-0.4, -0.2) is 0 Å². The predicted molar refractivity (Wildman–Crippen MR) is 215 cm³/mol. The molecule has 0 saturated heterocycles. The molecular formula is C49H35N. The largest absolute Gasteiger partial charge is 0.355 e. The maximum atomic E-state index is 3.71. The molecule has 0 atom stereocenters. The van der Waals surface area contributed by atoms with E-state index >= 15 is 0 Å². The number of hydrogen-bond donors (Lipinski definition) is 1. The summed E-state index contributed by atoms with van der Waals surface area (Å²) < 4.78 is 0. The molecule has 0 spiro atoms. The fourth-order valence-corrected chi connectivity index (χ4v) is 7.45. The van der Waals surface area contributed by atoms with Gasteiger partial charge >= 0.3 is 0 Å². The molecule has 1 N–H and O–H groups in total. The Morgan fingerprint density at radius 1 is 0.300 bits per heavy atom. The van der Waals surface area contributed by atoms with Crippen LogP contribution in [-0.2, 0) is 0 Å². The van der Waals surface area contributed by atoms with Crippen LogP contribution >= 0.6 is 0 Å². The molecule has 0 aliphatic heterocycles. The number of benzene rings is 9. The maximum Gasteiger partial charge on any atom is 0.0464 e. The van der Waals surface area contributed by atoms with E-state index in [4.69, 9.17) is 0 Å². The predicted octanol–water partition coefficient (Wildman–Crippen LogP) is 13.9. The first-order valence-electron chi connectivity index (χ1n) is 17.3. The Morgan fingerprint density at radius 2 is 0.760 bits per heavy atom. The van der Waals surface area contributed by atoms with E-state index in [2.05, 4.69) is 200 Å². The summed E-state index contributed by atoms with van der Waals surface area (Å²) in [6, 6.07) is 68.1. The zero-order valence-corrected chi connectivity index (χ0v) is 27.9. The molecule has 0 unspecified atom stereocenters. The molecule has 0 bridgehead atoms. The van der Waals surface area contributed by atoms with E-state index < -0.39 is 0 Å². The summed E-state index contributed by atoms with van der Waals surface area (Å²) in [5.74, 6) is 0. The number of aryl methyl sites for hydroxylation is 1. The van der Waals surface area contributed by atoms with E-state index in [1.807, 2.05) is 0 Å². The van der Waals surface area contributed by atoms with Crippen molar-refractivity contribution >= 4 is 43.7 Å². The molecule has 1 nitrogen and oxygen atoms in total. The van der Waals surface area contributed by atoms with Crippen molar-refractivity contribution in [3.05, 3.63) is 194 Å². The molecule has 0 radical (unpaired) electrons. The lowest BCUT2D eigenvalue weighted by Gasteiger charge is -2.15. The number of nitrogens with one attached hydrogen (secondary N) is 1. The van der Waals surface area contributed by atoms with Crippen molar-refractivity contribution in [1.29, 1.82) is 0 Å². The number of fused-ring (bicyclic) bond motifs is 6. The van der Waals surface area contributed by atoms with Gasteiger partial charge < -0.3 is 5.32 Å². The van der Waals surface area contributed by atoms with Gasteiger partial charge in [0, 0.05) is 16.9 Å². The molecule has 0 aromatic heterocycles. The van der Waals surface area contributed by atoms with Crippen molar-refractivity contribution in [2.24, 2.45) is 0 Å². The van der Waals surface area contributed by atoms with Gasteiger partial charge in [-0.3, -0.25) is 0 Å². The van der Waals surface area contributed by atoms with Gasteiger partial charge in [0.15, 0.2) is 0 Å². The smallest absolute Gasteiger partial charge is 0.0464 e. The van der Waals surface area contributed by atoms with Gasteiger partial charge in [0.25, 0.3) is 0 Å². The highest BCUT2D eigenvalue weighted by atomic mass is 14.9. The van der Waals surface area contributed by atoms with Gasteiger partial charge in [-0.25, -0.2) is 0 Å². The summed E-state index contributed by atoms with van der Waals surface area (Å²) in [5.41, 5.74) is 13.1. The van der Waals surface area contributed by atoms with Crippen LogP contribution in [0, 0.1) is 6.92 Å². The average molecular weight is 638 g/mol. The first-order chi connectivity index (χ1) is 24.7. The van der Waals surface area contributed by atoms with Gasteiger partial charge in [0.05, 0.1) is 0 Å². The lowest BCUT2D eigenvalue weighted by Crippen LogP contribution is -1.94. The Kier molecular flexibility index (Phi) is 7.44. The van der Waals surface area contributed by atoms with E-state index in [0.29, 0.717) is 0 Å². The molecule has 0 saturated carbocycles. The van der Waals surface area contributed by atoms with E-state index in [9.17, 15) is 0 Å². The topological polar surface area (TPSA) is 12.0 Å². The fraction of sp³-hybridized carbons (Fsp3) is 0.0204. The summed E-state index contributed by atoms with van der Waals surface area (Å²) in [5, 5.41) is 11.5. The zero-order chi connectivity index (χ0) is 33.4. The van der Waals surface area contributed by atoms with Crippen molar-refractivity contribution in [2.45, 2.75) is 6.92 Å². The number of rotatable bonds is 6. The summed E-state index contributed by atoms with van der Waals surface area (Å²) in [6.07, 6.45) is 0. The monoisotopic (exact) mass is 637 g/mol. The first-order valence-corrected chi connectivity index (χ1v) is 17.3. The van der Waals surface area contributed by atoms with Crippen molar-refractivity contribution in [3.63, 3.8) is 0 Å². The average Bonchev–Trinajstić information content (AvgIpc) is 3.19. The second-order valence-electron chi connectivity index (χ2n) is 13.1.